The first-order chi connectivity index (χ1) is 6.43. The molecule has 1 fully saturated rings. The monoisotopic (exact) mass is 194 g/mol. The Labute approximate surface area is 87.6 Å². The van der Waals surface area contributed by atoms with E-state index in [1.165, 1.54) is 24.8 Å². The standard InChI is InChI=1S/C13H22O/c1-10-6-5-9-13(3,4)12(10)8-7-11(2)14/h8,10H,5-7,9H2,1-4H3/b12-8-. The molecule has 0 spiro atoms. The lowest BCUT2D eigenvalue weighted by Crippen LogP contribution is -2.25. The van der Waals surface area contributed by atoms with Gasteiger partial charge in [0.25, 0.3) is 0 Å². The van der Waals surface area contributed by atoms with Gasteiger partial charge in [-0.15, -0.1) is 0 Å². The molecule has 0 aromatic heterocycles. The zero-order valence-corrected chi connectivity index (χ0v) is 9.89. The highest BCUT2D eigenvalue weighted by Crippen LogP contribution is 2.43. The molecule has 0 N–H and O–H groups in total. The summed E-state index contributed by atoms with van der Waals surface area (Å²) < 4.78 is 0. The van der Waals surface area contributed by atoms with Crippen molar-refractivity contribution in [3.63, 3.8) is 0 Å². The average molecular weight is 194 g/mol. The van der Waals surface area contributed by atoms with Crippen molar-refractivity contribution in [1.82, 2.24) is 0 Å². The van der Waals surface area contributed by atoms with Gasteiger partial charge < -0.3 is 0 Å². The lowest BCUT2D eigenvalue weighted by Gasteiger charge is -2.37. The van der Waals surface area contributed by atoms with Gasteiger partial charge in [0.05, 0.1) is 0 Å². The molecule has 80 valence electrons. The summed E-state index contributed by atoms with van der Waals surface area (Å²) in [6, 6.07) is 0. The number of carbonyl (C=O) groups is 1. The van der Waals surface area contributed by atoms with Gasteiger partial charge in [0.15, 0.2) is 0 Å². The molecule has 14 heavy (non-hydrogen) atoms. The zero-order chi connectivity index (χ0) is 10.8. The van der Waals surface area contributed by atoms with Crippen molar-refractivity contribution in [3.8, 4) is 0 Å². The lowest BCUT2D eigenvalue weighted by molar-refractivity contribution is -0.116. The van der Waals surface area contributed by atoms with E-state index in [0.29, 0.717) is 17.8 Å². The van der Waals surface area contributed by atoms with Crippen LogP contribution in [-0.4, -0.2) is 5.78 Å². The molecule has 1 unspecified atom stereocenters. The third-order valence-electron chi connectivity index (χ3n) is 3.36. The number of hydrogen-bond acceptors (Lipinski definition) is 1. The quantitative estimate of drug-likeness (QED) is 0.612. The molecule has 1 saturated carbocycles. The van der Waals surface area contributed by atoms with Gasteiger partial charge in [0, 0.05) is 6.42 Å². The zero-order valence-electron chi connectivity index (χ0n) is 9.89. The van der Waals surface area contributed by atoms with Crippen LogP contribution in [0.4, 0.5) is 0 Å². The van der Waals surface area contributed by atoms with Crippen LogP contribution in [0.5, 0.6) is 0 Å². The van der Waals surface area contributed by atoms with E-state index in [1.54, 1.807) is 6.92 Å². The van der Waals surface area contributed by atoms with Crippen molar-refractivity contribution in [3.05, 3.63) is 11.6 Å². The van der Waals surface area contributed by atoms with Crippen LogP contribution in [-0.2, 0) is 4.79 Å². The van der Waals surface area contributed by atoms with Crippen LogP contribution in [0.3, 0.4) is 0 Å². The van der Waals surface area contributed by atoms with Gasteiger partial charge in [-0.2, -0.15) is 0 Å². The van der Waals surface area contributed by atoms with Crippen molar-refractivity contribution in [1.29, 1.82) is 0 Å². The molecule has 1 rings (SSSR count). The topological polar surface area (TPSA) is 17.1 Å². The molecule has 0 aromatic carbocycles. The van der Waals surface area contributed by atoms with Gasteiger partial charge in [-0.05, 0) is 31.1 Å². The Hall–Kier alpha value is -0.590. The molecule has 0 amide bonds. The van der Waals surface area contributed by atoms with Gasteiger partial charge in [-0.3, -0.25) is 4.79 Å². The van der Waals surface area contributed by atoms with E-state index in [9.17, 15) is 4.79 Å². The Kier molecular flexibility index (Phi) is 3.52. The predicted octanol–water partition coefficient (Wildman–Crippen LogP) is 3.74. The fourth-order valence-electron chi connectivity index (χ4n) is 2.55. The Morgan fingerprint density at radius 2 is 2.21 bits per heavy atom. The second kappa shape index (κ2) is 4.29. The minimum atomic E-state index is 0.270. The molecule has 0 saturated heterocycles. The summed E-state index contributed by atoms with van der Waals surface area (Å²) in [4.78, 5) is 11.0. The van der Waals surface area contributed by atoms with Gasteiger partial charge in [0.1, 0.15) is 5.78 Å². The average Bonchev–Trinajstić information content (AvgIpc) is 2.01. The lowest BCUT2D eigenvalue weighted by atomic mass is 9.68. The molecule has 1 aliphatic rings. The molecule has 0 radical (unpaired) electrons. The molecular formula is C13H22O. The van der Waals surface area contributed by atoms with Crippen LogP contribution >= 0.6 is 0 Å². The first-order valence-corrected chi connectivity index (χ1v) is 5.63. The SMILES string of the molecule is CC(=O)C/C=C1/C(C)CCCC1(C)C. The van der Waals surface area contributed by atoms with Gasteiger partial charge in [0.2, 0.25) is 0 Å². The highest BCUT2D eigenvalue weighted by Gasteiger charge is 2.30. The predicted molar refractivity (Wildman–Crippen MR) is 60.2 cm³/mol. The number of rotatable bonds is 2. The Morgan fingerprint density at radius 1 is 1.57 bits per heavy atom. The van der Waals surface area contributed by atoms with E-state index >= 15 is 0 Å². The summed E-state index contributed by atoms with van der Waals surface area (Å²) >= 11 is 0. The normalized spacial score (nSPS) is 29.1. The Bertz CT molecular complexity index is 248. The van der Waals surface area contributed by atoms with Crippen LogP contribution in [0.1, 0.15) is 53.4 Å². The van der Waals surface area contributed by atoms with E-state index in [1.807, 2.05) is 0 Å². The van der Waals surface area contributed by atoms with Crippen LogP contribution in [0.25, 0.3) is 0 Å². The minimum absolute atomic E-state index is 0.270. The van der Waals surface area contributed by atoms with Crippen LogP contribution in [0.2, 0.25) is 0 Å². The largest absolute Gasteiger partial charge is 0.300 e. The van der Waals surface area contributed by atoms with E-state index in [-0.39, 0.29) is 5.78 Å². The van der Waals surface area contributed by atoms with Crippen LogP contribution in [0.15, 0.2) is 11.6 Å². The van der Waals surface area contributed by atoms with Crippen LogP contribution < -0.4 is 0 Å². The smallest absolute Gasteiger partial charge is 0.133 e. The highest BCUT2D eigenvalue weighted by molar-refractivity contribution is 5.77. The van der Waals surface area contributed by atoms with Crippen molar-refractivity contribution in [2.45, 2.75) is 53.4 Å². The highest BCUT2D eigenvalue weighted by atomic mass is 16.1. The second-order valence-electron chi connectivity index (χ2n) is 5.24. The van der Waals surface area contributed by atoms with Crippen molar-refractivity contribution < 1.29 is 4.79 Å². The summed E-state index contributed by atoms with van der Waals surface area (Å²) in [5, 5.41) is 0. The number of hydrogen-bond donors (Lipinski definition) is 0. The molecule has 1 heteroatoms. The van der Waals surface area contributed by atoms with E-state index in [4.69, 9.17) is 0 Å². The first kappa shape index (κ1) is 11.5. The molecule has 1 nitrogen and oxygen atoms in total. The molecule has 1 atom stereocenters. The summed E-state index contributed by atoms with van der Waals surface area (Å²) in [6.45, 7) is 8.55. The molecule has 0 bridgehead atoms. The van der Waals surface area contributed by atoms with Crippen LogP contribution in [0, 0.1) is 11.3 Å². The fraction of sp³-hybridized carbons (Fsp3) is 0.769. The third kappa shape index (κ3) is 2.70. The molecule has 0 aromatic rings. The maximum Gasteiger partial charge on any atom is 0.133 e. The first-order valence-electron chi connectivity index (χ1n) is 5.63. The third-order valence-corrected chi connectivity index (χ3v) is 3.36. The van der Waals surface area contributed by atoms with E-state index in [2.05, 4.69) is 26.8 Å². The van der Waals surface area contributed by atoms with E-state index in [0.717, 1.165) is 0 Å². The summed E-state index contributed by atoms with van der Waals surface area (Å²) in [5.41, 5.74) is 1.81. The second-order valence-corrected chi connectivity index (χ2v) is 5.24. The van der Waals surface area contributed by atoms with Gasteiger partial charge >= 0.3 is 0 Å². The number of ketones is 1. The fourth-order valence-corrected chi connectivity index (χ4v) is 2.55. The van der Waals surface area contributed by atoms with Crippen molar-refractivity contribution in [2.75, 3.05) is 0 Å². The number of allylic oxidation sites excluding steroid dienone is 2. The summed E-state index contributed by atoms with van der Waals surface area (Å²) in [5.74, 6) is 0.934. The number of Topliss-reactive ketones (excluding diaryl/α,β-unsaturated/α-hetero) is 1. The minimum Gasteiger partial charge on any atom is -0.300 e. The maximum atomic E-state index is 11.0. The molecule has 0 aliphatic heterocycles. The van der Waals surface area contributed by atoms with E-state index < -0.39 is 0 Å². The van der Waals surface area contributed by atoms with Gasteiger partial charge in [-0.25, -0.2) is 0 Å². The molecule has 1 aliphatic carbocycles. The maximum absolute atomic E-state index is 11.0. The summed E-state index contributed by atoms with van der Waals surface area (Å²) in [6.07, 6.45) is 6.66. The Morgan fingerprint density at radius 3 is 2.71 bits per heavy atom. The summed E-state index contributed by atoms with van der Waals surface area (Å²) in [7, 11) is 0. The van der Waals surface area contributed by atoms with Gasteiger partial charge in [-0.1, -0.05) is 38.8 Å². The molecular weight excluding hydrogens is 172 g/mol. The van der Waals surface area contributed by atoms with Crippen molar-refractivity contribution >= 4 is 5.78 Å². The van der Waals surface area contributed by atoms with Crippen molar-refractivity contribution in [2.24, 2.45) is 11.3 Å². The number of carbonyl (C=O) groups excluding carboxylic acids is 1. The molecule has 0 heterocycles. The Balaban J connectivity index is 2.79.